The van der Waals surface area contributed by atoms with Crippen LogP contribution in [0.3, 0.4) is 0 Å². The quantitative estimate of drug-likeness (QED) is 0.638. The van der Waals surface area contributed by atoms with Crippen molar-refractivity contribution in [3.05, 3.63) is 46.2 Å². The fourth-order valence-corrected chi connectivity index (χ4v) is 2.44. The predicted molar refractivity (Wildman–Crippen MR) is 80.1 cm³/mol. The van der Waals surface area contributed by atoms with Gasteiger partial charge in [-0.1, -0.05) is 0 Å². The van der Waals surface area contributed by atoms with Gasteiger partial charge in [0.1, 0.15) is 5.75 Å². The van der Waals surface area contributed by atoms with Crippen LogP contribution in [0.15, 0.2) is 35.0 Å². The largest absolute Gasteiger partial charge is 0.508 e. The summed E-state index contributed by atoms with van der Waals surface area (Å²) in [6.45, 7) is 0.447. The van der Waals surface area contributed by atoms with Crippen LogP contribution in [0.2, 0.25) is 0 Å². The number of thiophene rings is 1. The van der Waals surface area contributed by atoms with Crippen LogP contribution in [0.4, 0.5) is 10.5 Å². The number of carbonyl (C=O) groups excluding carboxylic acids is 1. The zero-order chi connectivity index (χ0) is 15.2. The van der Waals surface area contributed by atoms with Crippen molar-refractivity contribution >= 4 is 29.0 Å². The molecule has 7 heteroatoms. The van der Waals surface area contributed by atoms with Gasteiger partial charge in [-0.25, -0.2) is 9.59 Å². The molecule has 0 saturated heterocycles. The van der Waals surface area contributed by atoms with Crippen LogP contribution in [0.25, 0.3) is 0 Å². The molecule has 0 unspecified atom stereocenters. The smallest absolute Gasteiger partial charge is 0.337 e. The monoisotopic (exact) mass is 306 g/mol. The van der Waals surface area contributed by atoms with Gasteiger partial charge in [-0.3, -0.25) is 0 Å². The Kier molecular flexibility index (Phi) is 4.78. The lowest BCUT2D eigenvalue weighted by Gasteiger charge is -2.10. The first kappa shape index (κ1) is 14.9. The van der Waals surface area contributed by atoms with Crippen molar-refractivity contribution in [2.75, 3.05) is 11.9 Å². The number of benzene rings is 1. The molecule has 0 bridgehead atoms. The van der Waals surface area contributed by atoms with E-state index in [0.29, 0.717) is 13.0 Å². The van der Waals surface area contributed by atoms with Gasteiger partial charge in [0.05, 0.1) is 11.3 Å². The van der Waals surface area contributed by atoms with Crippen LogP contribution in [0, 0.1) is 0 Å². The lowest BCUT2D eigenvalue weighted by Crippen LogP contribution is -2.31. The highest BCUT2D eigenvalue weighted by molar-refractivity contribution is 7.07. The standard InChI is InChI=1S/C14H14N2O4S/c17-10-1-2-12(11(7-10)13(18)19)16-14(20)15-5-3-9-4-6-21-8-9/h1-2,4,6-8,17H,3,5H2,(H,18,19)(H2,15,16,20). The molecule has 0 saturated carbocycles. The fraction of sp³-hybridized carbons (Fsp3) is 0.143. The minimum atomic E-state index is -1.22. The van der Waals surface area contributed by atoms with E-state index in [2.05, 4.69) is 10.6 Å². The molecule has 2 aromatic rings. The van der Waals surface area contributed by atoms with Gasteiger partial charge in [0, 0.05) is 6.54 Å². The molecule has 0 aliphatic carbocycles. The Hall–Kier alpha value is -2.54. The number of aromatic carboxylic acids is 1. The molecule has 0 aliphatic heterocycles. The summed E-state index contributed by atoms with van der Waals surface area (Å²) in [7, 11) is 0. The maximum Gasteiger partial charge on any atom is 0.337 e. The molecular formula is C14H14N2O4S. The third-order valence-electron chi connectivity index (χ3n) is 2.76. The highest BCUT2D eigenvalue weighted by Crippen LogP contribution is 2.21. The number of nitrogens with one attached hydrogen (secondary N) is 2. The van der Waals surface area contributed by atoms with E-state index < -0.39 is 12.0 Å². The lowest BCUT2D eigenvalue weighted by atomic mass is 10.1. The molecule has 0 spiro atoms. The van der Waals surface area contributed by atoms with E-state index in [1.54, 1.807) is 11.3 Å². The molecule has 0 radical (unpaired) electrons. The van der Waals surface area contributed by atoms with Gasteiger partial charge in [0.2, 0.25) is 0 Å². The molecule has 4 N–H and O–H groups in total. The molecule has 1 aromatic carbocycles. The first-order chi connectivity index (χ1) is 10.1. The number of urea groups is 1. The van der Waals surface area contributed by atoms with E-state index in [-0.39, 0.29) is 17.0 Å². The highest BCUT2D eigenvalue weighted by Gasteiger charge is 2.13. The number of phenols is 1. The summed E-state index contributed by atoms with van der Waals surface area (Å²) in [4.78, 5) is 22.8. The van der Waals surface area contributed by atoms with Crippen LogP contribution >= 0.6 is 11.3 Å². The fourth-order valence-electron chi connectivity index (χ4n) is 1.74. The SMILES string of the molecule is O=C(NCCc1ccsc1)Nc1ccc(O)cc1C(=O)O. The average Bonchev–Trinajstić information content (AvgIpc) is 2.94. The van der Waals surface area contributed by atoms with Crippen molar-refractivity contribution in [3.63, 3.8) is 0 Å². The van der Waals surface area contributed by atoms with E-state index in [1.807, 2.05) is 16.8 Å². The molecular weight excluding hydrogens is 292 g/mol. The molecule has 6 nitrogen and oxygen atoms in total. The summed E-state index contributed by atoms with van der Waals surface area (Å²) >= 11 is 1.59. The maximum absolute atomic E-state index is 11.7. The third-order valence-corrected chi connectivity index (χ3v) is 3.49. The normalized spacial score (nSPS) is 10.1. The Bertz CT molecular complexity index is 640. The Morgan fingerprint density at radius 2 is 2.05 bits per heavy atom. The molecule has 2 amide bonds. The van der Waals surface area contributed by atoms with Crippen molar-refractivity contribution in [2.24, 2.45) is 0 Å². The molecule has 21 heavy (non-hydrogen) atoms. The van der Waals surface area contributed by atoms with E-state index in [1.165, 1.54) is 12.1 Å². The van der Waals surface area contributed by atoms with E-state index in [9.17, 15) is 14.7 Å². The topological polar surface area (TPSA) is 98.7 Å². The van der Waals surface area contributed by atoms with Gasteiger partial charge in [-0.15, -0.1) is 0 Å². The molecule has 1 aromatic heterocycles. The minimum absolute atomic E-state index is 0.133. The number of amides is 2. The molecule has 0 fully saturated rings. The zero-order valence-corrected chi connectivity index (χ0v) is 11.8. The Labute approximate surface area is 125 Å². The number of carbonyl (C=O) groups is 2. The van der Waals surface area contributed by atoms with Gasteiger partial charge in [0.25, 0.3) is 0 Å². The zero-order valence-electron chi connectivity index (χ0n) is 11.0. The van der Waals surface area contributed by atoms with E-state index in [4.69, 9.17) is 5.11 Å². The van der Waals surface area contributed by atoms with Crippen LogP contribution in [0.1, 0.15) is 15.9 Å². The Balaban J connectivity index is 1.92. The second-order valence-corrected chi connectivity index (χ2v) is 5.08. The number of hydrogen-bond acceptors (Lipinski definition) is 4. The summed E-state index contributed by atoms with van der Waals surface area (Å²) in [5, 5.41) is 27.4. The second kappa shape index (κ2) is 6.76. The summed E-state index contributed by atoms with van der Waals surface area (Å²) in [6, 6.07) is 5.24. The van der Waals surface area contributed by atoms with Crippen molar-refractivity contribution in [3.8, 4) is 5.75 Å². The Morgan fingerprint density at radius 1 is 1.24 bits per heavy atom. The molecule has 0 aliphatic rings. The number of carboxylic acid groups (broad SMARTS) is 1. The highest BCUT2D eigenvalue weighted by atomic mass is 32.1. The maximum atomic E-state index is 11.7. The van der Waals surface area contributed by atoms with Gasteiger partial charge in [-0.2, -0.15) is 11.3 Å². The number of rotatable bonds is 5. The average molecular weight is 306 g/mol. The van der Waals surface area contributed by atoms with Crippen LogP contribution in [-0.4, -0.2) is 28.8 Å². The van der Waals surface area contributed by atoms with Crippen LogP contribution in [-0.2, 0) is 6.42 Å². The Morgan fingerprint density at radius 3 is 2.71 bits per heavy atom. The number of phenolic OH excluding ortho intramolecular Hbond substituents is 1. The number of anilines is 1. The molecule has 0 atom stereocenters. The van der Waals surface area contributed by atoms with Crippen LogP contribution < -0.4 is 10.6 Å². The summed E-state index contributed by atoms with van der Waals surface area (Å²) in [5.41, 5.74) is 1.10. The van der Waals surface area contributed by atoms with Crippen molar-refractivity contribution in [1.29, 1.82) is 0 Å². The minimum Gasteiger partial charge on any atom is -0.508 e. The lowest BCUT2D eigenvalue weighted by molar-refractivity contribution is 0.0697. The van der Waals surface area contributed by atoms with E-state index in [0.717, 1.165) is 11.6 Å². The van der Waals surface area contributed by atoms with Crippen molar-refractivity contribution < 1.29 is 19.8 Å². The van der Waals surface area contributed by atoms with Gasteiger partial charge < -0.3 is 20.8 Å². The molecule has 2 rings (SSSR count). The van der Waals surface area contributed by atoms with Crippen LogP contribution in [0.5, 0.6) is 5.75 Å². The predicted octanol–water partition coefficient (Wildman–Crippen LogP) is 2.52. The van der Waals surface area contributed by atoms with Gasteiger partial charge in [-0.05, 0) is 47.0 Å². The molecule has 1 heterocycles. The third kappa shape index (κ3) is 4.22. The first-order valence-electron chi connectivity index (χ1n) is 6.18. The van der Waals surface area contributed by atoms with E-state index >= 15 is 0 Å². The number of carboxylic acids is 1. The summed E-state index contributed by atoms with van der Waals surface area (Å²) in [6.07, 6.45) is 0.707. The van der Waals surface area contributed by atoms with Gasteiger partial charge >= 0.3 is 12.0 Å². The molecule has 110 valence electrons. The number of hydrogen-bond donors (Lipinski definition) is 4. The first-order valence-corrected chi connectivity index (χ1v) is 7.13. The van der Waals surface area contributed by atoms with Gasteiger partial charge in [0.15, 0.2) is 0 Å². The summed E-state index contributed by atoms with van der Waals surface area (Å²) in [5.74, 6) is -1.39. The second-order valence-electron chi connectivity index (χ2n) is 4.30. The van der Waals surface area contributed by atoms with Crippen molar-refractivity contribution in [1.82, 2.24) is 5.32 Å². The number of aromatic hydroxyl groups is 1. The summed E-state index contributed by atoms with van der Waals surface area (Å²) < 4.78 is 0. The van der Waals surface area contributed by atoms with Crippen molar-refractivity contribution in [2.45, 2.75) is 6.42 Å².